The predicted molar refractivity (Wildman–Crippen MR) is 75.5 cm³/mol. The first-order valence-electron chi connectivity index (χ1n) is 7.26. The average molecular weight is 269 g/mol. The van der Waals surface area contributed by atoms with Crippen LogP contribution in [0.2, 0.25) is 0 Å². The van der Waals surface area contributed by atoms with Crippen molar-refractivity contribution in [2.24, 2.45) is 11.7 Å². The summed E-state index contributed by atoms with van der Waals surface area (Å²) in [6, 6.07) is 0. The number of likely N-dealkylation sites (N-methyl/N-ethyl adjacent to an activating group) is 1. The summed E-state index contributed by atoms with van der Waals surface area (Å²) >= 11 is 0. The lowest BCUT2D eigenvalue weighted by molar-refractivity contribution is -0.138. The molecule has 1 atom stereocenters. The van der Waals surface area contributed by atoms with E-state index in [1.165, 1.54) is 0 Å². The third-order valence-corrected chi connectivity index (χ3v) is 3.77. The van der Waals surface area contributed by atoms with Crippen LogP contribution >= 0.6 is 0 Å². The van der Waals surface area contributed by atoms with Crippen molar-refractivity contribution in [1.29, 1.82) is 0 Å². The molecule has 2 amide bonds. The zero-order valence-electron chi connectivity index (χ0n) is 12.2. The van der Waals surface area contributed by atoms with E-state index in [0.717, 1.165) is 38.8 Å². The number of hydrogen-bond acceptors (Lipinski definition) is 3. The molecule has 0 aromatic rings. The van der Waals surface area contributed by atoms with Crippen LogP contribution in [0.3, 0.4) is 0 Å². The molecule has 1 aliphatic heterocycles. The Kier molecular flexibility index (Phi) is 6.84. The smallest absolute Gasteiger partial charge is 0.242 e. The number of carbonyl (C=O) groups is 2. The average Bonchev–Trinajstić information content (AvgIpc) is 2.90. The third kappa shape index (κ3) is 5.59. The van der Waals surface area contributed by atoms with Crippen LogP contribution in [-0.2, 0) is 9.59 Å². The maximum absolute atomic E-state index is 11.9. The van der Waals surface area contributed by atoms with Gasteiger partial charge < -0.3 is 15.5 Å². The molecule has 110 valence electrons. The van der Waals surface area contributed by atoms with E-state index in [0.29, 0.717) is 18.9 Å². The van der Waals surface area contributed by atoms with Crippen molar-refractivity contribution in [2.45, 2.75) is 39.0 Å². The second kappa shape index (κ2) is 8.15. The Labute approximate surface area is 116 Å². The predicted octanol–water partition coefficient (Wildman–Crippen LogP) is 0.832. The zero-order chi connectivity index (χ0) is 14.3. The van der Waals surface area contributed by atoms with Gasteiger partial charge in [0.25, 0.3) is 0 Å². The van der Waals surface area contributed by atoms with Crippen molar-refractivity contribution in [3.63, 3.8) is 0 Å². The molecule has 1 aliphatic rings. The number of rotatable bonds is 7. The SMILES string of the molecule is CC(CCN)CCC(=O)N(C)CC(=O)N1CCCC1. The molecule has 0 aliphatic carbocycles. The summed E-state index contributed by atoms with van der Waals surface area (Å²) in [4.78, 5) is 27.2. The minimum Gasteiger partial charge on any atom is -0.341 e. The molecule has 0 aromatic heterocycles. The molecule has 0 bridgehead atoms. The fourth-order valence-electron chi connectivity index (χ4n) is 2.35. The van der Waals surface area contributed by atoms with Gasteiger partial charge in [-0.25, -0.2) is 0 Å². The molecule has 0 saturated carbocycles. The highest BCUT2D eigenvalue weighted by Crippen LogP contribution is 2.11. The highest BCUT2D eigenvalue weighted by Gasteiger charge is 2.21. The first kappa shape index (κ1) is 16.0. The Morgan fingerprint density at radius 2 is 1.89 bits per heavy atom. The van der Waals surface area contributed by atoms with Crippen LogP contribution in [-0.4, -0.2) is 54.8 Å². The number of amides is 2. The molecule has 5 heteroatoms. The highest BCUT2D eigenvalue weighted by molar-refractivity contribution is 5.84. The van der Waals surface area contributed by atoms with Gasteiger partial charge >= 0.3 is 0 Å². The number of nitrogens with zero attached hydrogens (tertiary/aromatic N) is 2. The van der Waals surface area contributed by atoms with Gasteiger partial charge in [0.2, 0.25) is 11.8 Å². The van der Waals surface area contributed by atoms with E-state index in [9.17, 15) is 9.59 Å². The number of hydrogen-bond donors (Lipinski definition) is 1. The first-order chi connectivity index (χ1) is 9.04. The van der Waals surface area contributed by atoms with Gasteiger partial charge in [-0.1, -0.05) is 6.92 Å². The maximum atomic E-state index is 11.9. The van der Waals surface area contributed by atoms with E-state index >= 15 is 0 Å². The van der Waals surface area contributed by atoms with Gasteiger partial charge in [0.1, 0.15) is 0 Å². The third-order valence-electron chi connectivity index (χ3n) is 3.77. The zero-order valence-corrected chi connectivity index (χ0v) is 12.2. The minimum atomic E-state index is 0.0522. The number of nitrogens with two attached hydrogens (primary N) is 1. The van der Waals surface area contributed by atoms with Crippen LogP contribution in [0.15, 0.2) is 0 Å². The van der Waals surface area contributed by atoms with Gasteiger partial charge in [-0.3, -0.25) is 9.59 Å². The quantitative estimate of drug-likeness (QED) is 0.744. The van der Waals surface area contributed by atoms with Crippen LogP contribution in [0.25, 0.3) is 0 Å². The molecule has 1 saturated heterocycles. The molecule has 1 rings (SSSR count). The first-order valence-corrected chi connectivity index (χ1v) is 7.26. The molecule has 1 heterocycles. The molecule has 2 N–H and O–H groups in total. The van der Waals surface area contributed by atoms with E-state index < -0.39 is 0 Å². The lowest BCUT2D eigenvalue weighted by atomic mass is 10.0. The Balaban J connectivity index is 2.25. The van der Waals surface area contributed by atoms with E-state index in [1.54, 1.807) is 11.9 Å². The fraction of sp³-hybridized carbons (Fsp3) is 0.857. The molecule has 1 unspecified atom stereocenters. The van der Waals surface area contributed by atoms with Gasteiger partial charge in [0, 0.05) is 26.6 Å². The van der Waals surface area contributed by atoms with Gasteiger partial charge in [-0.05, 0) is 38.1 Å². The molecule has 5 nitrogen and oxygen atoms in total. The topological polar surface area (TPSA) is 66.6 Å². The normalized spacial score (nSPS) is 16.5. The van der Waals surface area contributed by atoms with Gasteiger partial charge in [0.15, 0.2) is 0 Å². The van der Waals surface area contributed by atoms with Crippen molar-refractivity contribution in [3.8, 4) is 0 Å². The van der Waals surface area contributed by atoms with Crippen LogP contribution in [0.4, 0.5) is 0 Å². The Hall–Kier alpha value is -1.10. The van der Waals surface area contributed by atoms with Crippen LogP contribution in [0.1, 0.15) is 39.0 Å². The molecule has 1 fully saturated rings. The van der Waals surface area contributed by atoms with Crippen molar-refractivity contribution < 1.29 is 9.59 Å². The molecule has 0 radical (unpaired) electrons. The van der Waals surface area contributed by atoms with E-state index in [2.05, 4.69) is 6.92 Å². The molecule has 0 aromatic carbocycles. The lowest BCUT2D eigenvalue weighted by Crippen LogP contribution is -2.39. The Bertz CT molecular complexity index is 301. The Morgan fingerprint density at radius 3 is 2.47 bits per heavy atom. The van der Waals surface area contributed by atoms with Crippen LogP contribution < -0.4 is 5.73 Å². The summed E-state index contributed by atoms with van der Waals surface area (Å²) in [5, 5.41) is 0. The summed E-state index contributed by atoms with van der Waals surface area (Å²) in [6.45, 7) is 4.67. The van der Waals surface area contributed by atoms with Crippen LogP contribution in [0, 0.1) is 5.92 Å². The molecule has 0 spiro atoms. The van der Waals surface area contributed by atoms with Crippen LogP contribution in [0.5, 0.6) is 0 Å². The Morgan fingerprint density at radius 1 is 1.26 bits per heavy atom. The van der Waals surface area contributed by atoms with Crippen molar-refractivity contribution in [2.75, 3.05) is 33.2 Å². The summed E-state index contributed by atoms with van der Waals surface area (Å²) in [5.41, 5.74) is 5.49. The second-order valence-electron chi connectivity index (χ2n) is 5.56. The van der Waals surface area contributed by atoms with Crippen molar-refractivity contribution >= 4 is 11.8 Å². The fourth-order valence-corrected chi connectivity index (χ4v) is 2.35. The number of likely N-dealkylation sites (tertiary alicyclic amines) is 1. The molecular formula is C14H27N3O2. The minimum absolute atomic E-state index is 0.0522. The summed E-state index contributed by atoms with van der Waals surface area (Å²) in [6.07, 6.45) is 4.47. The lowest BCUT2D eigenvalue weighted by Gasteiger charge is -2.22. The standard InChI is InChI=1S/C14H27N3O2/c1-12(7-8-15)5-6-13(18)16(2)11-14(19)17-9-3-4-10-17/h12H,3-11,15H2,1-2H3. The summed E-state index contributed by atoms with van der Waals surface area (Å²) in [5.74, 6) is 0.594. The molecule has 19 heavy (non-hydrogen) atoms. The van der Waals surface area contributed by atoms with Crippen molar-refractivity contribution in [1.82, 2.24) is 9.80 Å². The summed E-state index contributed by atoms with van der Waals surface area (Å²) < 4.78 is 0. The van der Waals surface area contributed by atoms with E-state index in [-0.39, 0.29) is 18.4 Å². The maximum Gasteiger partial charge on any atom is 0.242 e. The van der Waals surface area contributed by atoms with Gasteiger partial charge in [0.05, 0.1) is 6.54 Å². The second-order valence-corrected chi connectivity index (χ2v) is 5.56. The highest BCUT2D eigenvalue weighted by atomic mass is 16.2. The number of carbonyl (C=O) groups excluding carboxylic acids is 2. The van der Waals surface area contributed by atoms with E-state index in [1.807, 2.05) is 4.90 Å². The monoisotopic (exact) mass is 269 g/mol. The van der Waals surface area contributed by atoms with Gasteiger partial charge in [-0.2, -0.15) is 0 Å². The summed E-state index contributed by atoms with van der Waals surface area (Å²) in [7, 11) is 1.71. The largest absolute Gasteiger partial charge is 0.341 e. The molecular weight excluding hydrogens is 242 g/mol. The van der Waals surface area contributed by atoms with Crippen molar-refractivity contribution in [3.05, 3.63) is 0 Å². The van der Waals surface area contributed by atoms with Gasteiger partial charge in [-0.15, -0.1) is 0 Å². The van der Waals surface area contributed by atoms with E-state index in [4.69, 9.17) is 5.73 Å².